The summed E-state index contributed by atoms with van der Waals surface area (Å²) < 4.78 is 5.16. The Morgan fingerprint density at radius 2 is 1.87 bits per heavy atom. The number of methoxy groups -OCH3 is 1. The van der Waals surface area contributed by atoms with Crippen LogP contribution in [0.4, 0.5) is 10.8 Å². The van der Waals surface area contributed by atoms with Crippen LogP contribution in [0.1, 0.15) is 28.5 Å². The third-order valence-electron chi connectivity index (χ3n) is 4.39. The lowest BCUT2D eigenvalue weighted by atomic mass is 9.99. The molecule has 3 aromatic rings. The molecule has 150 valence electrons. The highest BCUT2D eigenvalue weighted by atomic mass is 32.1. The predicted molar refractivity (Wildman–Crippen MR) is 117 cm³/mol. The van der Waals surface area contributed by atoms with Crippen molar-refractivity contribution in [2.24, 2.45) is 0 Å². The van der Waals surface area contributed by atoms with Crippen molar-refractivity contribution < 1.29 is 14.3 Å². The van der Waals surface area contributed by atoms with E-state index in [0.29, 0.717) is 27.8 Å². The van der Waals surface area contributed by atoms with Gasteiger partial charge in [-0.3, -0.25) is 14.5 Å². The summed E-state index contributed by atoms with van der Waals surface area (Å²) in [6.45, 7) is 3.27. The van der Waals surface area contributed by atoms with E-state index in [-0.39, 0.29) is 17.3 Å². The van der Waals surface area contributed by atoms with Crippen LogP contribution in [0.5, 0.6) is 5.75 Å². The molecule has 6 nitrogen and oxygen atoms in total. The lowest BCUT2D eigenvalue weighted by Crippen LogP contribution is -2.22. The maximum Gasteiger partial charge on any atom is 0.230 e. The number of carbonyl (C=O) groups is 2. The van der Waals surface area contributed by atoms with Gasteiger partial charge in [-0.15, -0.1) is 11.3 Å². The maximum atomic E-state index is 12.7. The number of hydrogen-bond acceptors (Lipinski definition) is 6. The number of benzene rings is 2. The molecule has 0 bridgehead atoms. The number of ketones is 1. The molecule has 7 heteroatoms. The number of nitriles is 1. The van der Waals surface area contributed by atoms with Gasteiger partial charge < -0.3 is 4.74 Å². The fourth-order valence-electron chi connectivity index (χ4n) is 2.87. The minimum absolute atomic E-state index is 0.0139. The summed E-state index contributed by atoms with van der Waals surface area (Å²) >= 11 is 1.25. The first-order valence-corrected chi connectivity index (χ1v) is 9.95. The molecular formula is C23H19N3O3S. The van der Waals surface area contributed by atoms with E-state index in [1.165, 1.54) is 29.2 Å². The van der Waals surface area contributed by atoms with E-state index >= 15 is 0 Å². The zero-order chi connectivity index (χ0) is 21.7. The Morgan fingerprint density at radius 1 is 1.17 bits per heavy atom. The lowest BCUT2D eigenvalue weighted by molar-refractivity contribution is -0.115. The highest BCUT2D eigenvalue weighted by Gasteiger charge is 2.19. The lowest BCUT2D eigenvalue weighted by Gasteiger charge is -2.18. The van der Waals surface area contributed by atoms with Gasteiger partial charge in [-0.1, -0.05) is 24.3 Å². The molecule has 2 aromatic carbocycles. The van der Waals surface area contributed by atoms with E-state index in [4.69, 9.17) is 4.74 Å². The summed E-state index contributed by atoms with van der Waals surface area (Å²) in [5.74, 6) is 0.115. The Labute approximate surface area is 178 Å². The predicted octanol–water partition coefficient (Wildman–Crippen LogP) is 4.93. The van der Waals surface area contributed by atoms with Crippen LogP contribution in [0.15, 0.2) is 59.5 Å². The fraction of sp³-hybridized carbons (Fsp3) is 0.130. The molecule has 0 spiro atoms. The summed E-state index contributed by atoms with van der Waals surface area (Å²) in [5.41, 5.74) is 2.34. The monoisotopic (exact) mass is 417 g/mol. The van der Waals surface area contributed by atoms with Crippen LogP contribution in [0.3, 0.4) is 0 Å². The minimum Gasteiger partial charge on any atom is -0.497 e. The second-order valence-electron chi connectivity index (χ2n) is 6.42. The van der Waals surface area contributed by atoms with E-state index in [1.807, 2.05) is 25.1 Å². The summed E-state index contributed by atoms with van der Waals surface area (Å²) in [4.78, 5) is 30.9. The molecule has 1 heterocycles. The van der Waals surface area contributed by atoms with Crippen molar-refractivity contribution in [1.82, 2.24) is 4.98 Å². The molecule has 0 N–H and O–H groups in total. The fourth-order valence-corrected chi connectivity index (χ4v) is 3.72. The Hall–Kier alpha value is -3.76. The van der Waals surface area contributed by atoms with Gasteiger partial charge in [-0.05, 0) is 42.8 Å². The molecule has 30 heavy (non-hydrogen) atoms. The number of carbonyl (C=O) groups excluding carboxylic acids is 2. The molecule has 0 radical (unpaired) electrons. The zero-order valence-electron chi connectivity index (χ0n) is 16.7. The van der Waals surface area contributed by atoms with Crippen LogP contribution in [-0.4, -0.2) is 23.8 Å². The van der Waals surface area contributed by atoms with E-state index < -0.39 is 0 Å². The number of aryl methyl sites for hydroxylation is 1. The number of allylic oxidation sites excluding steroid dienone is 1. The number of rotatable bonds is 6. The second-order valence-corrected chi connectivity index (χ2v) is 7.26. The number of anilines is 2. The van der Waals surface area contributed by atoms with Crippen LogP contribution in [0.2, 0.25) is 0 Å². The summed E-state index contributed by atoms with van der Waals surface area (Å²) in [7, 11) is 1.57. The van der Waals surface area contributed by atoms with Gasteiger partial charge in [0.2, 0.25) is 11.7 Å². The smallest absolute Gasteiger partial charge is 0.230 e. The Morgan fingerprint density at radius 3 is 2.47 bits per heavy atom. The number of thiazole rings is 1. The Kier molecular flexibility index (Phi) is 6.40. The highest BCUT2D eigenvalue weighted by molar-refractivity contribution is 7.14. The summed E-state index contributed by atoms with van der Waals surface area (Å²) in [5, 5.41) is 11.7. The van der Waals surface area contributed by atoms with E-state index in [9.17, 15) is 14.9 Å². The van der Waals surface area contributed by atoms with E-state index in [1.54, 1.807) is 48.9 Å². The molecule has 0 aliphatic heterocycles. The third-order valence-corrected chi connectivity index (χ3v) is 5.24. The normalized spacial score (nSPS) is 10.9. The van der Waals surface area contributed by atoms with Gasteiger partial charge in [0.05, 0.1) is 18.5 Å². The number of amides is 1. The maximum absolute atomic E-state index is 12.7. The largest absolute Gasteiger partial charge is 0.497 e. The number of ether oxygens (including phenoxy) is 1. The van der Waals surface area contributed by atoms with Crippen LogP contribution < -0.4 is 9.64 Å². The molecule has 0 saturated carbocycles. The van der Waals surface area contributed by atoms with Crippen LogP contribution in [0, 0.1) is 18.3 Å². The number of hydrogen-bond donors (Lipinski definition) is 0. The molecule has 0 unspecified atom stereocenters. The Bertz CT molecular complexity index is 1160. The number of Topliss-reactive ketones (excluding diaryl/α,β-unsaturated/α-hetero) is 1. The second kappa shape index (κ2) is 9.16. The average Bonchev–Trinajstić information content (AvgIpc) is 3.20. The van der Waals surface area contributed by atoms with Gasteiger partial charge in [0, 0.05) is 17.9 Å². The van der Waals surface area contributed by atoms with Crippen molar-refractivity contribution >= 4 is 39.9 Å². The first-order chi connectivity index (χ1) is 14.4. The molecular weight excluding hydrogens is 398 g/mol. The SMILES string of the molecule is COc1ccc(N(C(C)=O)c2nc(/C=C(\C#N)C(=O)c3ccccc3C)cs2)cc1. The van der Waals surface area contributed by atoms with Crippen molar-refractivity contribution in [3.05, 3.63) is 76.3 Å². The van der Waals surface area contributed by atoms with Gasteiger partial charge in [-0.2, -0.15) is 5.26 Å². The number of nitrogens with zero attached hydrogens (tertiary/aromatic N) is 3. The van der Waals surface area contributed by atoms with Gasteiger partial charge in [0.1, 0.15) is 17.4 Å². The molecule has 0 aliphatic carbocycles. The first kappa shape index (κ1) is 21.0. The summed E-state index contributed by atoms with van der Waals surface area (Å²) in [6.07, 6.45) is 1.45. The number of aromatic nitrogens is 1. The van der Waals surface area contributed by atoms with Crippen LogP contribution in [0.25, 0.3) is 6.08 Å². The average molecular weight is 417 g/mol. The third kappa shape index (κ3) is 4.45. The van der Waals surface area contributed by atoms with Crippen molar-refractivity contribution in [2.45, 2.75) is 13.8 Å². The molecule has 0 fully saturated rings. The van der Waals surface area contributed by atoms with Crippen molar-refractivity contribution in [3.63, 3.8) is 0 Å². The standard InChI is InChI=1S/C23H19N3O3S/c1-15-6-4-5-7-21(15)22(28)17(13-24)12-18-14-30-23(25-18)26(16(2)27)19-8-10-20(29-3)11-9-19/h4-12,14H,1-3H3/b17-12+. The van der Waals surface area contributed by atoms with Crippen molar-refractivity contribution in [2.75, 3.05) is 12.0 Å². The van der Waals surface area contributed by atoms with Crippen LogP contribution in [-0.2, 0) is 4.79 Å². The first-order valence-electron chi connectivity index (χ1n) is 9.07. The molecule has 0 atom stereocenters. The summed E-state index contributed by atoms with van der Waals surface area (Å²) in [6, 6.07) is 16.1. The van der Waals surface area contributed by atoms with Crippen molar-refractivity contribution in [1.29, 1.82) is 5.26 Å². The van der Waals surface area contributed by atoms with Crippen LogP contribution >= 0.6 is 11.3 Å². The molecule has 1 amide bonds. The molecule has 1 aromatic heterocycles. The quantitative estimate of drug-likeness (QED) is 0.322. The molecule has 3 rings (SSSR count). The van der Waals surface area contributed by atoms with Gasteiger partial charge in [0.15, 0.2) is 5.13 Å². The van der Waals surface area contributed by atoms with Crippen molar-refractivity contribution in [3.8, 4) is 11.8 Å². The Balaban J connectivity index is 1.93. The molecule has 0 aliphatic rings. The van der Waals surface area contributed by atoms with Gasteiger partial charge in [0.25, 0.3) is 0 Å². The van der Waals surface area contributed by atoms with Gasteiger partial charge in [-0.25, -0.2) is 4.98 Å². The molecule has 0 saturated heterocycles. The van der Waals surface area contributed by atoms with E-state index in [0.717, 1.165) is 5.56 Å². The highest BCUT2D eigenvalue weighted by Crippen LogP contribution is 2.31. The van der Waals surface area contributed by atoms with E-state index in [2.05, 4.69) is 4.98 Å². The minimum atomic E-state index is -0.358. The van der Waals surface area contributed by atoms with Gasteiger partial charge >= 0.3 is 0 Å². The zero-order valence-corrected chi connectivity index (χ0v) is 17.6. The topological polar surface area (TPSA) is 83.3 Å².